The van der Waals surface area contributed by atoms with Gasteiger partial charge >= 0.3 is 0 Å². The lowest BCUT2D eigenvalue weighted by atomic mass is 9.58. The fraction of sp³-hybridized carbons (Fsp3) is 0.360. The summed E-state index contributed by atoms with van der Waals surface area (Å²) in [5, 5.41) is 24.3. The molecule has 5 atom stereocenters. The van der Waals surface area contributed by atoms with Gasteiger partial charge in [-0.25, -0.2) is 0 Å². The van der Waals surface area contributed by atoms with E-state index in [0.717, 1.165) is 11.0 Å². The molecule has 2 heterocycles. The van der Waals surface area contributed by atoms with Gasteiger partial charge in [0.2, 0.25) is 0 Å². The largest absolute Gasteiger partial charge is 0.390 e. The van der Waals surface area contributed by atoms with Crippen LogP contribution in [0.2, 0.25) is 0 Å². The molecular formula is C25H26N2O2. The van der Waals surface area contributed by atoms with E-state index in [4.69, 9.17) is 0 Å². The Kier molecular flexibility index (Phi) is 3.43. The molecule has 0 saturated heterocycles. The Morgan fingerprint density at radius 2 is 1.62 bits per heavy atom. The van der Waals surface area contributed by atoms with Gasteiger partial charge in [-0.2, -0.15) is 0 Å². The second kappa shape index (κ2) is 5.74. The maximum Gasteiger partial charge on any atom is 0.0871 e. The zero-order valence-corrected chi connectivity index (χ0v) is 16.7. The Morgan fingerprint density at radius 1 is 0.931 bits per heavy atom. The number of para-hydroxylation sites is 2. The first kappa shape index (κ1) is 17.3. The highest BCUT2D eigenvalue weighted by Crippen LogP contribution is 2.63. The summed E-state index contributed by atoms with van der Waals surface area (Å²) < 4.78 is 0. The Labute approximate surface area is 169 Å². The third-order valence-corrected chi connectivity index (χ3v) is 7.52. The number of aromatic amines is 2. The van der Waals surface area contributed by atoms with Gasteiger partial charge in [0.1, 0.15) is 0 Å². The van der Waals surface area contributed by atoms with Gasteiger partial charge in [0.15, 0.2) is 0 Å². The van der Waals surface area contributed by atoms with Crippen LogP contribution in [0.5, 0.6) is 0 Å². The van der Waals surface area contributed by atoms with E-state index in [1.54, 1.807) is 0 Å². The minimum atomic E-state index is -0.749. The molecule has 0 aliphatic heterocycles. The summed E-state index contributed by atoms with van der Waals surface area (Å²) in [5.74, 6) is 0.278. The highest BCUT2D eigenvalue weighted by atomic mass is 16.3. The van der Waals surface area contributed by atoms with Crippen LogP contribution in [0.4, 0.5) is 0 Å². The molecule has 29 heavy (non-hydrogen) atoms. The summed E-state index contributed by atoms with van der Waals surface area (Å²) in [4.78, 5) is 7.15. The highest BCUT2D eigenvalue weighted by molar-refractivity contribution is 5.89. The Balaban J connectivity index is 1.67. The van der Waals surface area contributed by atoms with Crippen LogP contribution < -0.4 is 0 Å². The molecule has 4 N–H and O–H groups in total. The number of aromatic nitrogens is 2. The average Bonchev–Trinajstić information content (AvgIpc) is 3.36. The number of rotatable bonds is 1. The molecule has 1 fully saturated rings. The van der Waals surface area contributed by atoms with Crippen molar-refractivity contribution in [2.45, 2.75) is 44.3 Å². The molecule has 4 aromatic rings. The van der Waals surface area contributed by atoms with Crippen molar-refractivity contribution in [3.63, 3.8) is 0 Å². The number of hydrogen-bond donors (Lipinski definition) is 4. The van der Waals surface area contributed by atoms with Crippen molar-refractivity contribution in [3.05, 3.63) is 71.5 Å². The van der Waals surface area contributed by atoms with E-state index in [2.05, 4.69) is 72.5 Å². The van der Waals surface area contributed by atoms with E-state index in [0.29, 0.717) is 6.42 Å². The molecule has 0 bridgehead atoms. The van der Waals surface area contributed by atoms with Gasteiger partial charge in [0.25, 0.3) is 0 Å². The smallest absolute Gasteiger partial charge is 0.0871 e. The number of aliphatic hydroxyl groups excluding tert-OH is 2. The van der Waals surface area contributed by atoms with E-state index >= 15 is 0 Å². The van der Waals surface area contributed by atoms with Crippen LogP contribution in [0, 0.1) is 11.3 Å². The molecule has 4 nitrogen and oxygen atoms in total. The number of fused-ring (bicyclic) bond motifs is 6. The lowest BCUT2D eigenvalue weighted by Crippen LogP contribution is -2.48. The van der Waals surface area contributed by atoms with Crippen molar-refractivity contribution in [2.24, 2.45) is 11.3 Å². The topological polar surface area (TPSA) is 72.0 Å². The quantitative estimate of drug-likeness (QED) is 0.385. The average molecular weight is 386 g/mol. The van der Waals surface area contributed by atoms with Crippen LogP contribution >= 0.6 is 0 Å². The molecule has 0 spiro atoms. The summed E-state index contributed by atoms with van der Waals surface area (Å²) in [6, 6.07) is 16.8. The first-order chi connectivity index (χ1) is 14.0. The van der Waals surface area contributed by atoms with Crippen molar-refractivity contribution in [3.8, 4) is 0 Å². The van der Waals surface area contributed by atoms with Crippen LogP contribution in [0.3, 0.4) is 0 Å². The third-order valence-electron chi connectivity index (χ3n) is 7.52. The molecular weight excluding hydrogens is 360 g/mol. The van der Waals surface area contributed by atoms with Crippen LogP contribution in [-0.4, -0.2) is 32.4 Å². The van der Waals surface area contributed by atoms with E-state index in [-0.39, 0.29) is 23.2 Å². The molecule has 148 valence electrons. The lowest BCUT2D eigenvalue weighted by molar-refractivity contribution is -0.0875. The summed E-state index contributed by atoms with van der Waals surface area (Å²) in [5.41, 5.74) is 5.81. The van der Waals surface area contributed by atoms with Gasteiger partial charge in [-0.1, -0.05) is 50.2 Å². The van der Waals surface area contributed by atoms with Crippen LogP contribution in [-0.2, 0) is 0 Å². The normalized spacial score (nSPS) is 30.6. The van der Waals surface area contributed by atoms with Crippen molar-refractivity contribution < 1.29 is 10.2 Å². The molecule has 0 unspecified atom stereocenters. The molecule has 2 aliphatic rings. The predicted octanol–water partition coefficient (Wildman–Crippen LogP) is 4.65. The molecule has 0 radical (unpaired) electrons. The van der Waals surface area contributed by atoms with E-state index in [1.165, 1.54) is 27.6 Å². The van der Waals surface area contributed by atoms with Gasteiger partial charge in [-0.3, -0.25) is 0 Å². The maximum absolute atomic E-state index is 11.2. The predicted molar refractivity (Wildman–Crippen MR) is 115 cm³/mol. The number of benzene rings is 2. The second-order valence-electron chi connectivity index (χ2n) is 9.57. The van der Waals surface area contributed by atoms with Crippen molar-refractivity contribution in [1.82, 2.24) is 9.97 Å². The van der Waals surface area contributed by atoms with Gasteiger partial charge in [0.05, 0.1) is 12.2 Å². The number of hydrogen-bond acceptors (Lipinski definition) is 2. The van der Waals surface area contributed by atoms with E-state index in [1.807, 2.05) is 6.07 Å². The first-order valence-electron chi connectivity index (χ1n) is 10.5. The van der Waals surface area contributed by atoms with Gasteiger partial charge < -0.3 is 20.2 Å². The molecule has 4 heteroatoms. The van der Waals surface area contributed by atoms with E-state index < -0.39 is 12.2 Å². The van der Waals surface area contributed by atoms with Gasteiger partial charge in [-0.15, -0.1) is 0 Å². The second-order valence-corrected chi connectivity index (χ2v) is 9.57. The standard InChI is InChI=1S/C25H26N2O2/c1-25(2)11-18(28)24(29)21-19-14-8-4-6-10-17(14)27-23(19)20(22(21)25)15-12-26-16-9-5-3-7-13(15)16/h3-10,12,18,20-22,24,26-29H,11H2,1-2H3/t18-,20+,21-,22+,24-/m0/s1. The Bertz CT molecular complexity index is 1230. The monoisotopic (exact) mass is 386 g/mol. The molecule has 2 aromatic carbocycles. The zero-order valence-electron chi connectivity index (χ0n) is 16.7. The number of H-pyrrole nitrogens is 2. The van der Waals surface area contributed by atoms with Crippen molar-refractivity contribution in [2.75, 3.05) is 0 Å². The fourth-order valence-electron chi connectivity index (χ4n) is 6.41. The van der Waals surface area contributed by atoms with Crippen molar-refractivity contribution in [1.29, 1.82) is 0 Å². The summed E-state index contributed by atoms with van der Waals surface area (Å²) in [6.07, 6.45) is 1.30. The Morgan fingerprint density at radius 3 is 2.41 bits per heavy atom. The minimum Gasteiger partial charge on any atom is -0.390 e. The Hall–Kier alpha value is -2.56. The third kappa shape index (κ3) is 2.21. The lowest BCUT2D eigenvalue weighted by Gasteiger charge is -2.48. The van der Waals surface area contributed by atoms with Crippen LogP contribution in [0.15, 0.2) is 54.7 Å². The molecule has 1 saturated carbocycles. The minimum absolute atomic E-state index is 0.0847. The molecule has 6 rings (SSSR count). The van der Waals surface area contributed by atoms with Gasteiger partial charge in [0, 0.05) is 45.5 Å². The highest BCUT2D eigenvalue weighted by Gasteiger charge is 2.57. The number of aliphatic hydroxyl groups is 2. The first-order valence-corrected chi connectivity index (χ1v) is 10.5. The molecule has 2 aromatic heterocycles. The summed E-state index contributed by atoms with van der Waals surface area (Å²) >= 11 is 0. The summed E-state index contributed by atoms with van der Waals surface area (Å²) in [7, 11) is 0. The number of nitrogens with one attached hydrogen (secondary N) is 2. The van der Waals surface area contributed by atoms with Crippen molar-refractivity contribution >= 4 is 21.8 Å². The maximum atomic E-state index is 11.2. The fourth-order valence-corrected chi connectivity index (χ4v) is 6.41. The van der Waals surface area contributed by atoms with Gasteiger partial charge in [-0.05, 0) is 41.0 Å². The SMILES string of the molecule is CC1(C)C[C@H](O)[C@H](O)[C@H]2c3c([nH]c4ccccc34)[C@H](c3c[nH]c4ccccc34)[C@H]21. The van der Waals surface area contributed by atoms with Crippen LogP contribution in [0.1, 0.15) is 48.9 Å². The zero-order chi connectivity index (χ0) is 19.9. The molecule has 0 amide bonds. The summed E-state index contributed by atoms with van der Waals surface area (Å²) in [6.45, 7) is 4.49. The van der Waals surface area contributed by atoms with E-state index in [9.17, 15) is 10.2 Å². The molecule has 2 aliphatic carbocycles. The van der Waals surface area contributed by atoms with Crippen LogP contribution in [0.25, 0.3) is 21.8 Å².